The smallest absolute Gasteiger partial charge is 0.177 e. The van der Waals surface area contributed by atoms with Gasteiger partial charge in [-0.25, -0.2) is 0 Å². The van der Waals surface area contributed by atoms with Crippen LogP contribution in [0.3, 0.4) is 0 Å². The Morgan fingerprint density at radius 3 is 2.29 bits per heavy atom. The SMILES string of the molecule is CC(=O)C1=NCC=C1.CC(=O)C1CCCC1=O. The van der Waals surface area contributed by atoms with Gasteiger partial charge in [-0.2, -0.15) is 0 Å². The average molecular weight is 235 g/mol. The topological polar surface area (TPSA) is 63.6 Å². The molecule has 0 aromatic carbocycles. The van der Waals surface area contributed by atoms with E-state index in [9.17, 15) is 14.4 Å². The van der Waals surface area contributed by atoms with Crippen LogP contribution in [0.1, 0.15) is 33.1 Å². The second kappa shape index (κ2) is 6.23. The summed E-state index contributed by atoms with van der Waals surface area (Å²) in [6.07, 6.45) is 5.93. The highest BCUT2D eigenvalue weighted by Crippen LogP contribution is 2.21. The molecule has 0 radical (unpaired) electrons. The molecule has 1 saturated carbocycles. The van der Waals surface area contributed by atoms with Crippen LogP contribution in [-0.2, 0) is 14.4 Å². The van der Waals surface area contributed by atoms with Crippen molar-refractivity contribution in [2.75, 3.05) is 6.54 Å². The predicted octanol–water partition coefficient (Wildman–Crippen LogP) is 1.53. The van der Waals surface area contributed by atoms with Gasteiger partial charge in [0.15, 0.2) is 5.78 Å². The lowest BCUT2D eigenvalue weighted by atomic mass is 10.0. The number of aliphatic imine (C=N–C) groups is 1. The molecule has 17 heavy (non-hydrogen) atoms. The van der Waals surface area contributed by atoms with Crippen molar-refractivity contribution in [2.45, 2.75) is 33.1 Å². The maximum atomic E-state index is 10.8. The highest BCUT2D eigenvalue weighted by molar-refractivity contribution is 6.43. The minimum atomic E-state index is -0.245. The van der Waals surface area contributed by atoms with Crippen molar-refractivity contribution in [1.82, 2.24) is 0 Å². The molecule has 2 aliphatic rings. The number of carbonyl (C=O) groups excluding carboxylic acids is 3. The van der Waals surface area contributed by atoms with Gasteiger partial charge in [0.2, 0.25) is 0 Å². The Morgan fingerprint density at radius 2 is 2.06 bits per heavy atom. The maximum Gasteiger partial charge on any atom is 0.177 e. The van der Waals surface area contributed by atoms with Crippen molar-refractivity contribution >= 4 is 23.1 Å². The normalized spacial score (nSPS) is 21.9. The summed E-state index contributed by atoms with van der Waals surface area (Å²) in [5.74, 6) is -0.0104. The van der Waals surface area contributed by atoms with Crippen molar-refractivity contribution < 1.29 is 14.4 Å². The maximum absolute atomic E-state index is 10.8. The van der Waals surface area contributed by atoms with Gasteiger partial charge in [-0.3, -0.25) is 19.4 Å². The molecule has 0 saturated heterocycles. The molecule has 1 heterocycles. The zero-order chi connectivity index (χ0) is 12.8. The van der Waals surface area contributed by atoms with Crippen LogP contribution in [0.25, 0.3) is 0 Å². The first-order valence-electron chi connectivity index (χ1n) is 5.77. The summed E-state index contributed by atoms with van der Waals surface area (Å²) in [6, 6.07) is 0. The first-order valence-corrected chi connectivity index (χ1v) is 5.77. The molecule has 2 rings (SSSR count). The van der Waals surface area contributed by atoms with Crippen LogP contribution in [0.2, 0.25) is 0 Å². The van der Waals surface area contributed by atoms with Crippen molar-refractivity contribution in [3.63, 3.8) is 0 Å². The van der Waals surface area contributed by atoms with E-state index in [1.807, 2.05) is 6.08 Å². The Labute approximate surface area is 101 Å². The van der Waals surface area contributed by atoms with Crippen LogP contribution in [0.15, 0.2) is 17.1 Å². The lowest BCUT2D eigenvalue weighted by Crippen LogP contribution is -2.14. The summed E-state index contributed by atoms with van der Waals surface area (Å²) >= 11 is 0. The first-order chi connectivity index (χ1) is 8.02. The van der Waals surface area contributed by atoms with E-state index >= 15 is 0 Å². The number of ketones is 3. The summed E-state index contributed by atoms with van der Waals surface area (Å²) in [6.45, 7) is 3.69. The van der Waals surface area contributed by atoms with E-state index in [1.165, 1.54) is 13.8 Å². The summed E-state index contributed by atoms with van der Waals surface area (Å²) in [4.78, 5) is 35.8. The number of Topliss-reactive ketones (excluding diaryl/α,β-unsaturated/α-hetero) is 3. The molecule has 0 aromatic heterocycles. The zero-order valence-electron chi connectivity index (χ0n) is 10.2. The van der Waals surface area contributed by atoms with Crippen molar-refractivity contribution in [3.8, 4) is 0 Å². The van der Waals surface area contributed by atoms with E-state index in [2.05, 4.69) is 4.99 Å². The molecule has 0 N–H and O–H groups in total. The van der Waals surface area contributed by atoms with Gasteiger partial charge in [-0.05, 0) is 25.8 Å². The monoisotopic (exact) mass is 235 g/mol. The third-order valence-corrected chi connectivity index (χ3v) is 2.80. The number of allylic oxidation sites excluding steroid dienone is 1. The molecular weight excluding hydrogens is 218 g/mol. The molecule has 1 fully saturated rings. The molecule has 0 aromatic rings. The Kier molecular flexibility index (Phi) is 4.94. The minimum absolute atomic E-state index is 0.0394. The fourth-order valence-corrected chi connectivity index (χ4v) is 1.84. The van der Waals surface area contributed by atoms with E-state index < -0.39 is 0 Å². The lowest BCUT2D eigenvalue weighted by Gasteiger charge is -1.98. The molecular formula is C13H17NO3. The molecule has 0 spiro atoms. The Bertz CT molecular complexity index is 393. The van der Waals surface area contributed by atoms with Gasteiger partial charge >= 0.3 is 0 Å². The molecule has 1 aliphatic heterocycles. The molecule has 0 bridgehead atoms. The van der Waals surface area contributed by atoms with E-state index in [-0.39, 0.29) is 23.3 Å². The number of nitrogens with zero attached hydrogens (tertiary/aromatic N) is 1. The number of hydrogen-bond acceptors (Lipinski definition) is 4. The van der Waals surface area contributed by atoms with Crippen molar-refractivity contribution in [1.29, 1.82) is 0 Å². The second-order valence-corrected chi connectivity index (χ2v) is 4.21. The fourth-order valence-electron chi connectivity index (χ4n) is 1.84. The molecule has 1 unspecified atom stereocenters. The zero-order valence-corrected chi connectivity index (χ0v) is 10.2. The third kappa shape index (κ3) is 4.06. The number of rotatable bonds is 2. The van der Waals surface area contributed by atoms with Crippen LogP contribution in [0.5, 0.6) is 0 Å². The number of carbonyl (C=O) groups is 3. The Balaban J connectivity index is 0.000000171. The van der Waals surface area contributed by atoms with E-state index in [0.29, 0.717) is 18.7 Å². The van der Waals surface area contributed by atoms with Gasteiger partial charge in [0.05, 0.1) is 12.5 Å². The summed E-state index contributed by atoms with van der Waals surface area (Å²) in [5.41, 5.74) is 0.602. The molecule has 0 amide bonds. The molecule has 4 heteroatoms. The molecule has 1 atom stereocenters. The molecule has 4 nitrogen and oxygen atoms in total. The van der Waals surface area contributed by atoms with Gasteiger partial charge in [-0.15, -0.1) is 0 Å². The van der Waals surface area contributed by atoms with E-state index in [4.69, 9.17) is 0 Å². The van der Waals surface area contributed by atoms with Crippen LogP contribution >= 0.6 is 0 Å². The van der Waals surface area contributed by atoms with Gasteiger partial charge in [0, 0.05) is 13.3 Å². The fraction of sp³-hybridized carbons (Fsp3) is 0.538. The average Bonchev–Trinajstić information content (AvgIpc) is 2.87. The van der Waals surface area contributed by atoms with Gasteiger partial charge in [-0.1, -0.05) is 6.08 Å². The van der Waals surface area contributed by atoms with Gasteiger partial charge in [0.1, 0.15) is 17.3 Å². The van der Waals surface area contributed by atoms with Crippen LogP contribution in [0, 0.1) is 5.92 Å². The van der Waals surface area contributed by atoms with E-state index in [0.717, 1.165) is 12.8 Å². The highest BCUT2D eigenvalue weighted by atomic mass is 16.2. The second-order valence-electron chi connectivity index (χ2n) is 4.21. The van der Waals surface area contributed by atoms with Crippen molar-refractivity contribution in [2.24, 2.45) is 10.9 Å². The summed E-state index contributed by atoms with van der Waals surface area (Å²) < 4.78 is 0. The molecule has 92 valence electrons. The lowest BCUT2D eigenvalue weighted by molar-refractivity contribution is -0.129. The largest absolute Gasteiger partial charge is 0.299 e. The predicted molar refractivity (Wildman–Crippen MR) is 65.2 cm³/mol. The Morgan fingerprint density at radius 1 is 1.35 bits per heavy atom. The number of hydrogen-bond donors (Lipinski definition) is 0. The first kappa shape index (κ1) is 13.5. The van der Waals surface area contributed by atoms with Gasteiger partial charge in [0.25, 0.3) is 0 Å². The molecule has 1 aliphatic carbocycles. The third-order valence-electron chi connectivity index (χ3n) is 2.80. The summed E-state index contributed by atoms with van der Waals surface area (Å²) in [7, 11) is 0. The van der Waals surface area contributed by atoms with Crippen molar-refractivity contribution in [3.05, 3.63) is 12.2 Å². The minimum Gasteiger partial charge on any atom is -0.299 e. The quantitative estimate of drug-likeness (QED) is 0.682. The van der Waals surface area contributed by atoms with Crippen LogP contribution in [-0.4, -0.2) is 29.6 Å². The standard InChI is InChI=1S/C7H10O2.C6H7NO/c1-5(8)6-3-2-4-7(6)9;1-5(8)6-3-2-4-7-6/h6H,2-4H2,1H3;2-3H,4H2,1H3. The van der Waals surface area contributed by atoms with Crippen LogP contribution in [0.4, 0.5) is 0 Å². The Hall–Kier alpha value is -1.58. The van der Waals surface area contributed by atoms with E-state index in [1.54, 1.807) is 6.08 Å². The summed E-state index contributed by atoms with van der Waals surface area (Å²) in [5, 5.41) is 0. The highest BCUT2D eigenvalue weighted by Gasteiger charge is 2.27. The van der Waals surface area contributed by atoms with Crippen LogP contribution < -0.4 is 0 Å². The van der Waals surface area contributed by atoms with Gasteiger partial charge < -0.3 is 0 Å².